The van der Waals surface area contributed by atoms with Gasteiger partial charge in [-0.15, -0.1) is 0 Å². The van der Waals surface area contributed by atoms with Crippen molar-refractivity contribution in [3.8, 4) is 0 Å². The van der Waals surface area contributed by atoms with E-state index in [0.717, 1.165) is 4.31 Å². The zero-order valence-electron chi connectivity index (χ0n) is 10.8. The Morgan fingerprint density at radius 1 is 1.33 bits per heavy atom. The van der Waals surface area contributed by atoms with Gasteiger partial charge in [0.05, 0.1) is 11.9 Å². The summed E-state index contributed by atoms with van der Waals surface area (Å²) >= 11 is 0. The third kappa shape index (κ3) is 5.98. The minimum Gasteiger partial charge on any atom is -0.380 e. The van der Waals surface area contributed by atoms with Crippen LogP contribution in [0.2, 0.25) is 0 Å². The summed E-state index contributed by atoms with van der Waals surface area (Å²) in [5.74, 6) is -1.03. The average molecular weight is 292 g/mol. The van der Waals surface area contributed by atoms with Crippen molar-refractivity contribution in [3.05, 3.63) is 0 Å². The molecular formula is C9H19F3N2O3S. The van der Waals surface area contributed by atoms with Crippen molar-refractivity contribution in [1.82, 2.24) is 9.62 Å². The van der Waals surface area contributed by atoms with Crippen LogP contribution >= 0.6 is 0 Å². The summed E-state index contributed by atoms with van der Waals surface area (Å²) in [6.45, 7) is 1.50. The molecule has 0 bridgehead atoms. The highest BCUT2D eigenvalue weighted by Crippen LogP contribution is 2.22. The van der Waals surface area contributed by atoms with Crippen LogP contribution in [0, 0.1) is 0 Å². The molecule has 5 nitrogen and oxygen atoms in total. The van der Waals surface area contributed by atoms with E-state index in [1.807, 2.05) is 0 Å². The molecule has 0 aromatic heterocycles. The molecule has 0 heterocycles. The number of alkyl halides is 3. The van der Waals surface area contributed by atoms with E-state index in [4.69, 9.17) is 4.74 Å². The fourth-order valence-corrected chi connectivity index (χ4v) is 2.05. The molecule has 0 rings (SSSR count). The number of hydrogen-bond acceptors (Lipinski definition) is 4. The van der Waals surface area contributed by atoms with Gasteiger partial charge in [0.1, 0.15) is 6.04 Å². The maximum Gasteiger partial charge on any atom is 0.404 e. The maximum atomic E-state index is 12.7. The van der Waals surface area contributed by atoms with Gasteiger partial charge in [0, 0.05) is 27.7 Å². The molecule has 1 N–H and O–H groups in total. The van der Waals surface area contributed by atoms with E-state index in [0.29, 0.717) is 0 Å². The van der Waals surface area contributed by atoms with Crippen LogP contribution in [0.25, 0.3) is 0 Å². The van der Waals surface area contributed by atoms with Crippen LogP contribution in [-0.4, -0.2) is 64.5 Å². The van der Waals surface area contributed by atoms with Crippen molar-refractivity contribution in [2.45, 2.75) is 25.2 Å². The SMILES string of the molecule is COC(C)CNC(CS(=O)(=O)N(C)C)C(F)(F)F. The van der Waals surface area contributed by atoms with Gasteiger partial charge < -0.3 is 10.1 Å². The van der Waals surface area contributed by atoms with Crippen LogP contribution in [0.4, 0.5) is 13.2 Å². The summed E-state index contributed by atoms with van der Waals surface area (Å²) < 4.78 is 66.5. The Bertz CT molecular complexity index is 343. The minimum absolute atomic E-state index is 0.0797. The summed E-state index contributed by atoms with van der Waals surface area (Å²) in [6.07, 6.45) is -5.06. The molecular weight excluding hydrogens is 273 g/mol. The first kappa shape index (κ1) is 17.6. The lowest BCUT2D eigenvalue weighted by atomic mass is 10.3. The summed E-state index contributed by atoms with van der Waals surface area (Å²) in [5, 5.41) is 2.17. The van der Waals surface area contributed by atoms with Crippen LogP contribution in [0.1, 0.15) is 6.92 Å². The van der Waals surface area contributed by atoms with Crippen molar-refractivity contribution < 1.29 is 26.3 Å². The standard InChI is InChI=1S/C9H19F3N2O3S/c1-7(17-4)5-13-8(9(10,11)12)6-18(15,16)14(2)3/h7-8,13H,5-6H2,1-4H3. The summed E-state index contributed by atoms with van der Waals surface area (Å²) in [5.41, 5.74) is 0. The Balaban J connectivity index is 4.73. The van der Waals surface area contributed by atoms with Gasteiger partial charge in [-0.25, -0.2) is 12.7 Å². The Morgan fingerprint density at radius 3 is 2.17 bits per heavy atom. The highest BCUT2D eigenvalue weighted by atomic mass is 32.2. The van der Waals surface area contributed by atoms with Gasteiger partial charge >= 0.3 is 6.18 Å². The molecule has 0 saturated heterocycles. The van der Waals surface area contributed by atoms with Crippen LogP contribution in [-0.2, 0) is 14.8 Å². The van der Waals surface area contributed by atoms with E-state index in [9.17, 15) is 21.6 Å². The molecule has 0 aliphatic heterocycles. The molecule has 2 unspecified atom stereocenters. The van der Waals surface area contributed by atoms with Crippen molar-refractivity contribution in [2.24, 2.45) is 0 Å². The summed E-state index contributed by atoms with van der Waals surface area (Å²) in [6, 6.07) is -2.11. The van der Waals surface area contributed by atoms with Crippen molar-refractivity contribution in [2.75, 3.05) is 33.5 Å². The molecule has 0 aliphatic carbocycles. The maximum absolute atomic E-state index is 12.7. The number of ether oxygens (including phenoxy) is 1. The second-order valence-corrected chi connectivity index (χ2v) is 6.34. The number of halogens is 3. The third-order valence-electron chi connectivity index (χ3n) is 2.38. The van der Waals surface area contributed by atoms with Crippen LogP contribution in [0.5, 0.6) is 0 Å². The molecule has 110 valence electrons. The number of sulfonamides is 1. The first-order valence-electron chi connectivity index (χ1n) is 5.23. The quantitative estimate of drug-likeness (QED) is 0.739. The molecule has 0 aromatic rings. The molecule has 0 fully saturated rings. The van der Waals surface area contributed by atoms with Crippen molar-refractivity contribution in [1.29, 1.82) is 0 Å². The molecule has 0 amide bonds. The smallest absolute Gasteiger partial charge is 0.380 e. The highest BCUT2D eigenvalue weighted by Gasteiger charge is 2.42. The highest BCUT2D eigenvalue weighted by molar-refractivity contribution is 7.89. The van der Waals surface area contributed by atoms with Crippen LogP contribution in [0.15, 0.2) is 0 Å². The number of hydrogen-bond donors (Lipinski definition) is 1. The lowest BCUT2D eigenvalue weighted by Crippen LogP contribution is -2.50. The predicted molar refractivity (Wildman–Crippen MR) is 61.8 cm³/mol. The van der Waals surface area contributed by atoms with E-state index in [1.165, 1.54) is 21.2 Å². The van der Waals surface area contributed by atoms with E-state index >= 15 is 0 Å². The molecule has 0 aromatic carbocycles. The summed E-state index contributed by atoms with van der Waals surface area (Å²) in [4.78, 5) is 0. The molecule has 9 heteroatoms. The summed E-state index contributed by atoms with van der Waals surface area (Å²) in [7, 11) is -0.169. The number of rotatable bonds is 7. The van der Waals surface area contributed by atoms with E-state index in [2.05, 4.69) is 5.32 Å². The second-order valence-electron chi connectivity index (χ2n) is 4.11. The molecule has 2 atom stereocenters. The Labute approximate surface area is 105 Å². The predicted octanol–water partition coefficient (Wildman–Crippen LogP) is 0.433. The fraction of sp³-hybridized carbons (Fsp3) is 1.00. The molecule has 0 saturated carbocycles. The Kier molecular flexibility index (Phi) is 6.55. The van der Waals surface area contributed by atoms with Gasteiger partial charge in [-0.2, -0.15) is 13.2 Å². The lowest BCUT2D eigenvalue weighted by molar-refractivity contribution is -0.151. The number of nitrogens with one attached hydrogen (secondary N) is 1. The van der Waals surface area contributed by atoms with Crippen molar-refractivity contribution in [3.63, 3.8) is 0 Å². The van der Waals surface area contributed by atoms with Gasteiger partial charge in [0.15, 0.2) is 0 Å². The first-order valence-corrected chi connectivity index (χ1v) is 6.84. The normalized spacial score (nSPS) is 16.9. The Morgan fingerprint density at radius 2 is 1.83 bits per heavy atom. The lowest BCUT2D eigenvalue weighted by Gasteiger charge is -2.24. The van der Waals surface area contributed by atoms with Crippen LogP contribution in [0.3, 0.4) is 0 Å². The van der Waals surface area contributed by atoms with Gasteiger partial charge in [0.25, 0.3) is 0 Å². The monoisotopic (exact) mass is 292 g/mol. The second kappa shape index (κ2) is 6.69. The zero-order chi connectivity index (χ0) is 14.6. The number of methoxy groups -OCH3 is 1. The van der Waals surface area contributed by atoms with Gasteiger partial charge in [-0.1, -0.05) is 0 Å². The van der Waals surface area contributed by atoms with Gasteiger partial charge in [0.2, 0.25) is 10.0 Å². The Hall–Kier alpha value is -0.380. The van der Waals surface area contributed by atoms with E-state index < -0.39 is 34.1 Å². The van der Waals surface area contributed by atoms with Crippen LogP contribution < -0.4 is 5.32 Å². The fourth-order valence-electron chi connectivity index (χ4n) is 1.02. The van der Waals surface area contributed by atoms with E-state index in [-0.39, 0.29) is 6.54 Å². The number of nitrogens with zero attached hydrogens (tertiary/aromatic N) is 1. The molecule has 0 spiro atoms. The van der Waals surface area contributed by atoms with Gasteiger partial charge in [-0.05, 0) is 6.92 Å². The van der Waals surface area contributed by atoms with Crippen molar-refractivity contribution >= 4 is 10.0 Å². The topological polar surface area (TPSA) is 58.6 Å². The van der Waals surface area contributed by atoms with E-state index in [1.54, 1.807) is 6.92 Å². The third-order valence-corrected chi connectivity index (χ3v) is 4.25. The molecule has 18 heavy (non-hydrogen) atoms. The minimum atomic E-state index is -4.63. The largest absolute Gasteiger partial charge is 0.404 e. The first-order chi connectivity index (χ1) is 8.00. The zero-order valence-corrected chi connectivity index (χ0v) is 11.6. The molecule has 0 radical (unpaired) electrons. The average Bonchev–Trinajstić information content (AvgIpc) is 2.21. The van der Waals surface area contributed by atoms with Gasteiger partial charge in [-0.3, -0.25) is 0 Å². The molecule has 0 aliphatic rings.